The van der Waals surface area contributed by atoms with Crippen molar-refractivity contribution in [2.24, 2.45) is 0 Å². The van der Waals surface area contributed by atoms with Crippen LogP contribution in [0.2, 0.25) is 5.02 Å². The summed E-state index contributed by atoms with van der Waals surface area (Å²) >= 11 is 6.16. The summed E-state index contributed by atoms with van der Waals surface area (Å²) in [5.41, 5.74) is 2.08. The molecule has 3 heterocycles. The van der Waals surface area contributed by atoms with E-state index in [0.29, 0.717) is 39.8 Å². The highest BCUT2D eigenvalue weighted by molar-refractivity contribution is 6.34. The maximum Gasteiger partial charge on any atom is 0.258 e. The highest BCUT2D eigenvalue weighted by Gasteiger charge is 2.22. The highest BCUT2D eigenvalue weighted by atomic mass is 35.5. The van der Waals surface area contributed by atoms with E-state index in [1.165, 1.54) is 10.9 Å². The third-order valence-electron chi connectivity index (χ3n) is 4.97. The molecule has 5 rings (SSSR count). The summed E-state index contributed by atoms with van der Waals surface area (Å²) < 4.78 is 6.82. The van der Waals surface area contributed by atoms with Crippen LogP contribution in [0.4, 0.5) is 5.82 Å². The molecule has 0 fully saturated rings. The summed E-state index contributed by atoms with van der Waals surface area (Å²) in [5.74, 6) is 0.669. The number of H-pyrrole nitrogens is 1. The van der Waals surface area contributed by atoms with Gasteiger partial charge in [-0.2, -0.15) is 9.78 Å². The van der Waals surface area contributed by atoms with Crippen LogP contribution in [0.5, 0.6) is 0 Å². The molecule has 1 aliphatic carbocycles. The fourth-order valence-corrected chi connectivity index (χ4v) is 3.76. The molecule has 0 saturated heterocycles. The van der Waals surface area contributed by atoms with E-state index in [4.69, 9.17) is 16.0 Å². The van der Waals surface area contributed by atoms with Gasteiger partial charge in [0.15, 0.2) is 5.76 Å². The number of halogens is 1. The van der Waals surface area contributed by atoms with Crippen LogP contribution in [0.25, 0.3) is 17.4 Å². The minimum absolute atomic E-state index is 0.189. The van der Waals surface area contributed by atoms with Crippen molar-refractivity contribution in [2.75, 3.05) is 5.32 Å². The van der Waals surface area contributed by atoms with Gasteiger partial charge in [0.1, 0.15) is 11.5 Å². The van der Waals surface area contributed by atoms with E-state index in [0.717, 1.165) is 18.5 Å². The van der Waals surface area contributed by atoms with Crippen LogP contribution < -0.4 is 10.9 Å². The smallest absolute Gasteiger partial charge is 0.258 e. The van der Waals surface area contributed by atoms with E-state index in [1.807, 2.05) is 0 Å². The number of fused-ring (bicyclic) bond motifs is 1. The Morgan fingerprint density at radius 2 is 2.07 bits per heavy atom. The molecule has 0 unspecified atom stereocenters. The van der Waals surface area contributed by atoms with E-state index >= 15 is 0 Å². The van der Waals surface area contributed by atoms with E-state index in [9.17, 15) is 9.59 Å². The van der Waals surface area contributed by atoms with Crippen molar-refractivity contribution in [3.63, 3.8) is 0 Å². The number of nitrogens with one attached hydrogen (secondary N) is 2. The minimum atomic E-state index is -0.406. The molecule has 1 amide bonds. The lowest BCUT2D eigenvalue weighted by atomic mass is 10.2. The summed E-state index contributed by atoms with van der Waals surface area (Å²) in [6.07, 6.45) is 3.87. The summed E-state index contributed by atoms with van der Waals surface area (Å²) in [7, 11) is 0. The Balaban J connectivity index is 1.60. The zero-order chi connectivity index (χ0) is 20.7. The quantitative estimate of drug-likeness (QED) is 0.523. The lowest BCUT2D eigenvalue weighted by Crippen LogP contribution is -2.21. The second-order valence-corrected chi connectivity index (χ2v) is 7.31. The standard InChI is InChI=1S/C21H16ClN5O3/c22-14-7-2-1-5-12(14)19(28)24-18-11-16(17-9-4-10-30-17)26-27(18)21-23-15-8-3-6-13(15)20(29)25-21/h1-2,4-5,7,9-11H,3,6,8H2,(H,24,28)(H,23,25,29). The van der Waals surface area contributed by atoms with Crippen molar-refractivity contribution in [3.8, 4) is 17.4 Å². The zero-order valence-corrected chi connectivity index (χ0v) is 16.4. The number of carbonyl (C=O) groups is 1. The molecule has 9 heteroatoms. The number of aromatic nitrogens is 4. The molecule has 8 nitrogen and oxygen atoms in total. The highest BCUT2D eigenvalue weighted by Crippen LogP contribution is 2.26. The number of rotatable bonds is 4. The van der Waals surface area contributed by atoms with E-state index in [1.54, 1.807) is 42.5 Å². The van der Waals surface area contributed by atoms with Crippen molar-refractivity contribution in [2.45, 2.75) is 19.3 Å². The Morgan fingerprint density at radius 1 is 1.20 bits per heavy atom. The Kier molecular flexibility index (Phi) is 4.48. The van der Waals surface area contributed by atoms with E-state index in [2.05, 4.69) is 20.4 Å². The molecule has 0 radical (unpaired) electrons. The van der Waals surface area contributed by atoms with Gasteiger partial charge in [0.25, 0.3) is 11.5 Å². The number of aryl methyl sites for hydroxylation is 1. The third-order valence-corrected chi connectivity index (χ3v) is 5.30. The Labute approximate surface area is 175 Å². The molecule has 0 aliphatic heterocycles. The molecule has 0 spiro atoms. The first-order chi connectivity index (χ1) is 14.6. The number of benzene rings is 1. The molecule has 30 heavy (non-hydrogen) atoms. The average Bonchev–Trinajstić information content (AvgIpc) is 3.48. The van der Waals surface area contributed by atoms with Crippen molar-refractivity contribution < 1.29 is 9.21 Å². The predicted octanol–water partition coefficient (Wildman–Crippen LogP) is 3.61. The molecule has 4 aromatic rings. The van der Waals surface area contributed by atoms with Crippen molar-refractivity contribution in [3.05, 3.63) is 80.9 Å². The maximum absolute atomic E-state index is 12.8. The number of aromatic amines is 1. The summed E-state index contributed by atoms with van der Waals surface area (Å²) in [6, 6.07) is 11.9. The van der Waals surface area contributed by atoms with E-state index < -0.39 is 5.91 Å². The normalized spacial score (nSPS) is 12.7. The Morgan fingerprint density at radius 3 is 2.87 bits per heavy atom. The van der Waals surface area contributed by atoms with Gasteiger partial charge in [0, 0.05) is 11.6 Å². The van der Waals surface area contributed by atoms with Gasteiger partial charge in [-0.1, -0.05) is 23.7 Å². The summed E-state index contributed by atoms with van der Waals surface area (Å²) in [6.45, 7) is 0. The summed E-state index contributed by atoms with van der Waals surface area (Å²) in [4.78, 5) is 32.6. The fourth-order valence-electron chi connectivity index (χ4n) is 3.53. The second kappa shape index (κ2) is 7.31. The Bertz CT molecular complexity index is 1310. The van der Waals surface area contributed by atoms with Crippen LogP contribution in [0.1, 0.15) is 28.0 Å². The van der Waals surface area contributed by atoms with Crippen molar-refractivity contribution in [1.82, 2.24) is 19.7 Å². The molecule has 0 saturated carbocycles. The lowest BCUT2D eigenvalue weighted by Gasteiger charge is -2.10. The molecule has 0 atom stereocenters. The number of amides is 1. The number of carbonyl (C=O) groups excluding carboxylic acids is 1. The van der Waals surface area contributed by atoms with Crippen LogP contribution in [0.15, 0.2) is 57.9 Å². The second-order valence-electron chi connectivity index (χ2n) is 6.91. The number of hydrogen-bond donors (Lipinski definition) is 2. The van der Waals surface area contributed by atoms with Crippen LogP contribution in [-0.4, -0.2) is 25.7 Å². The van der Waals surface area contributed by atoms with E-state index in [-0.39, 0.29) is 11.5 Å². The molecule has 150 valence electrons. The van der Waals surface area contributed by atoms with Crippen LogP contribution in [-0.2, 0) is 12.8 Å². The lowest BCUT2D eigenvalue weighted by molar-refractivity contribution is 0.102. The fraction of sp³-hybridized carbons (Fsp3) is 0.143. The first-order valence-corrected chi connectivity index (χ1v) is 9.80. The van der Waals surface area contributed by atoms with Gasteiger partial charge < -0.3 is 9.73 Å². The SMILES string of the molecule is O=C(Nc1cc(-c2ccco2)nn1-c1nc2c(c(=O)[nH]1)CCC2)c1ccccc1Cl. The zero-order valence-electron chi connectivity index (χ0n) is 15.7. The number of nitrogens with zero attached hydrogens (tertiary/aromatic N) is 3. The molecule has 2 N–H and O–H groups in total. The first kappa shape index (κ1) is 18.4. The van der Waals surface area contributed by atoms with Gasteiger partial charge >= 0.3 is 0 Å². The number of furan rings is 1. The molecular weight excluding hydrogens is 406 g/mol. The molecule has 3 aromatic heterocycles. The summed E-state index contributed by atoms with van der Waals surface area (Å²) in [5, 5.41) is 7.64. The molecule has 0 bridgehead atoms. The predicted molar refractivity (Wildman–Crippen MR) is 111 cm³/mol. The maximum atomic E-state index is 12.8. The molecular formula is C21H16ClN5O3. The largest absolute Gasteiger partial charge is 0.463 e. The van der Waals surface area contributed by atoms with Gasteiger partial charge in [-0.25, -0.2) is 4.98 Å². The van der Waals surface area contributed by atoms with Gasteiger partial charge in [0.05, 0.1) is 22.5 Å². The number of hydrogen-bond acceptors (Lipinski definition) is 5. The monoisotopic (exact) mass is 421 g/mol. The van der Waals surface area contributed by atoms with Crippen LogP contribution in [0.3, 0.4) is 0 Å². The van der Waals surface area contributed by atoms with Gasteiger partial charge in [0.2, 0.25) is 5.95 Å². The van der Waals surface area contributed by atoms with Crippen LogP contribution >= 0.6 is 11.6 Å². The van der Waals surface area contributed by atoms with Crippen molar-refractivity contribution in [1.29, 1.82) is 0 Å². The Hall–Kier alpha value is -3.65. The first-order valence-electron chi connectivity index (χ1n) is 9.42. The van der Waals surface area contributed by atoms with Crippen LogP contribution in [0, 0.1) is 0 Å². The minimum Gasteiger partial charge on any atom is -0.463 e. The number of anilines is 1. The molecule has 1 aromatic carbocycles. The van der Waals surface area contributed by atoms with Gasteiger partial charge in [-0.05, 0) is 43.5 Å². The van der Waals surface area contributed by atoms with Gasteiger partial charge in [-0.15, -0.1) is 0 Å². The average molecular weight is 422 g/mol. The topological polar surface area (TPSA) is 106 Å². The third kappa shape index (κ3) is 3.21. The van der Waals surface area contributed by atoms with Crippen molar-refractivity contribution >= 4 is 23.3 Å². The van der Waals surface area contributed by atoms with Gasteiger partial charge in [-0.3, -0.25) is 14.6 Å². The molecule has 1 aliphatic rings.